The van der Waals surface area contributed by atoms with Gasteiger partial charge in [-0.05, 0) is 77.0 Å². The van der Waals surface area contributed by atoms with Gasteiger partial charge in [0.15, 0.2) is 6.04 Å². The highest BCUT2D eigenvalue weighted by Gasteiger charge is 2.51. The maximum absolute atomic E-state index is 12.6. The summed E-state index contributed by atoms with van der Waals surface area (Å²) in [6, 6.07) is -1.08. The molecule has 0 spiro atoms. The van der Waals surface area contributed by atoms with E-state index in [0.29, 0.717) is 0 Å². The third-order valence-corrected chi connectivity index (χ3v) is 5.89. The van der Waals surface area contributed by atoms with Gasteiger partial charge in [-0.25, -0.2) is 9.59 Å². The molecule has 4 aliphatic carbocycles. The number of carbonyl (C=O) groups excluding carboxylic acids is 2. The number of esters is 1. The monoisotopic (exact) mass is 352 g/mol. The van der Waals surface area contributed by atoms with Gasteiger partial charge in [-0.1, -0.05) is 0 Å². The molecule has 4 aliphatic rings. The van der Waals surface area contributed by atoms with Crippen LogP contribution >= 0.6 is 0 Å². The molecule has 0 aromatic heterocycles. The average molecular weight is 352 g/mol. The summed E-state index contributed by atoms with van der Waals surface area (Å²) in [7, 11) is 1.32. The van der Waals surface area contributed by atoms with E-state index in [1.807, 2.05) is 20.8 Å². The van der Waals surface area contributed by atoms with Crippen molar-refractivity contribution in [2.24, 2.45) is 17.8 Å². The third kappa shape index (κ3) is 4.46. The van der Waals surface area contributed by atoms with E-state index in [1.54, 1.807) is 0 Å². The van der Waals surface area contributed by atoms with Crippen molar-refractivity contribution in [1.29, 1.82) is 0 Å². The summed E-state index contributed by atoms with van der Waals surface area (Å²) < 4.78 is 10.5. The van der Waals surface area contributed by atoms with Gasteiger partial charge in [0.2, 0.25) is 0 Å². The Kier molecular flexibility index (Phi) is 5.02. The zero-order chi connectivity index (χ0) is 18.2. The molecule has 142 valence electrons. The van der Waals surface area contributed by atoms with Crippen LogP contribution in [0.3, 0.4) is 0 Å². The maximum atomic E-state index is 12.6. The number of hydrogen-bond donors (Lipinski definition) is 2. The SMILES string of the molecule is COC(=O)C(COC(C)(C)C)NC(=O)NC12CC3CC(CC(C3)C1)C2. The van der Waals surface area contributed by atoms with Crippen molar-refractivity contribution < 1.29 is 19.1 Å². The van der Waals surface area contributed by atoms with Crippen LogP contribution in [0.15, 0.2) is 0 Å². The van der Waals surface area contributed by atoms with Gasteiger partial charge in [-0.3, -0.25) is 0 Å². The molecule has 0 aromatic carbocycles. The predicted molar refractivity (Wildman–Crippen MR) is 94.1 cm³/mol. The summed E-state index contributed by atoms with van der Waals surface area (Å²) in [5.74, 6) is 1.79. The topological polar surface area (TPSA) is 76.7 Å². The van der Waals surface area contributed by atoms with Crippen LogP contribution in [0.4, 0.5) is 4.79 Å². The Morgan fingerprint density at radius 2 is 1.60 bits per heavy atom. The van der Waals surface area contributed by atoms with E-state index < -0.39 is 12.0 Å². The minimum absolute atomic E-state index is 0.0790. The molecule has 2 N–H and O–H groups in total. The molecule has 4 fully saturated rings. The largest absolute Gasteiger partial charge is 0.467 e. The lowest BCUT2D eigenvalue weighted by atomic mass is 9.53. The molecule has 2 amide bonds. The quantitative estimate of drug-likeness (QED) is 0.746. The van der Waals surface area contributed by atoms with E-state index in [2.05, 4.69) is 10.6 Å². The number of nitrogens with one attached hydrogen (secondary N) is 2. The first-order chi connectivity index (χ1) is 11.7. The molecular weight excluding hydrogens is 320 g/mol. The molecule has 0 heterocycles. The van der Waals surface area contributed by atoms with Crippen LogP contribution in [-0.4, -0.2) is 42.9 Å². The van der Waals surface area contributed by atoms with Crippen molar-refractivity contribution in [3.8, 4) is 0 Å². The lowest BCUT2D eigenvalue weighted by Gasteiger charge is -2.56. The molecule has 0 aromatic rings. The van der Waals surface area contributed by atoms with Gasteiger partial charge >= 0.3 is 12.0 Å². The molecule has 0 saturated heterocycles. The third-order valence-electron chi connectivity index (χ3n) is 5.89. The molecular formula is C19H32N2O4. The average Bonchev–Trinajstić information content (AvgIpc) is 2.47. The van der Waals surface area contributed by atoms with Gasteiger partial charge in [0.25, 0.3) is 0 Å². The van der Waals surface area contributed by atoms with Crippen molar-refractivity contribution in [1.82, 2.24) is 10.6 Å². The number of carbonyl (C=O) groups is 2. The number of ether oxygens (including phenoxy) is 2. The van der Waals surface area contributed by atoms with E-state index in [4.69, 9.17) is 9.47 Å². The molecule has 4 saturated carbocycles. The van der Waals surface area contributed by atoms with E-state index in [0.717, 1.165) is 37.0 Å². The summed E-state index contributed by atoms with van der Waals surface area (Å²) >= 11 is 0. The minimum Gasteiger partial charge on any atom is -0.467 e. The van der Waals surface area contributed by atoms with Crippen LogP contribution in [0.2, 0.25) is 0 Å². The first kappa shape index (κ1) is 18.5. The smallest absolute Gasteiger partial charge is 0.330 e. The summed E-state index contributed by atoms with van der Waals surface area (Å²) in [6.07, 6.45) is 7.21. The molecule has 6 heteroatoms. The summed E-state index contributed by atoms with van der Waals surface area (Å²) in [5, 5.41) is 5.98. The lowest BCUT2D eigenvalue weighted by molar-refractivity contribution is -0.146. The fourth-order valence-corrected chi connectivity index (χ4v) is 5.34. The number of amides is 2. The van der Waals surface area contributed by atoms with Crippen molar-refractivity contribution in [3.05, 3.63) is 0 Å². The fraction of sp³-hybridized carbons (Fsp3) is 0.895. The van der Waals surface area contributed by atoms with E-state index in [1.165, 1.54) is 26.4 Å². The minimum atomic E-state index is -0.793. The van der Waals surface area contributed by atoms with Gasteiger partial charge in [-0.2, -0.15) is 0 Å². The predicted octanol–water partition coefficient (Wildman–Crippen LogP) is 2.61. The van der Waals surface area contributed by atoms with Crippen LogP contribution in [0, 0.1) is 17.8 Å². The first-order valence-electron chi connectivity index (χ1n) is 9.48. The van der Waals surface area contributed by atoms with Crippen molar-refractivity contribution >= 4 is 12.0 Å². The Hall–Kier alpha value is -1.30. The zero-order valence-corrected chi connectivity index (χ0v) is 15.9. The second kappa shape index (κ2) is 6.78. The fourth-order valence-electron chi connectivity index (χ4n) is 5.34. The van der Waals surface area contributed by atoms with Crippen molar-refractivity contribution in [2.45, 2.75) is 76.5 Å². The Morgan fingerprint density at radius 1 is 1.08 bits per heavy atom. The summed E-state index contributed by atoms with van der Waals surface area (Å²) in [6.45, 7) is 5.84. The number of methoxy groups -OCH3 is 1. The normalized spacial score (nSPS) is 34.5. The van der Waals surface area contributed by atoms with Crippen LogP contribution in [0.25, 0.3) is 0 Å². The number of rotatable bonds is 5. The molecule has 4 rings (SSSR count). The Bertz CT molecular complexity index is 491. The second-order valence-corrected chi connectivity index (χ2v) is 9.30. The van der Waals surface area contributed by atoms with Gasteiger partial charge < -0.3 is 20.1 Å². The standard InChI is InChI=1S/C19H32N2O4/c1-18(2,3)25-11-15(16(22)24-4)20-17(23)21-19-8-12-5-13(9-19)7-14(6-12)10-19/h12-15H,5-11H2,1-4H3,(H2,20,21,23). The molecule has 0 aliphatic heterocycles. The number of hydrogen-bond acceptors (Lipinski definition) is 4. The van der Waals surface area contributed by atoms with Gasteiger partial charge in [-0.15, -0.1) is 0 Å². The van der Waals surface area contributed by atoms with E-state index in [-0.39, 0.29) is 23.8 Å². The molecule has 0 radical (unpaired) electrons. The van der Waals surface area contributed by atoms with Crippen molar-refractivity contribution in [3.63, 3.8) is 0 Å². The molecule has 1 unspecified atom stereocenters. The Morgan fingerprint density at radius 3 is 2.04 bits per heavy atom. The number of urea groups is 1. The molecule has 4 bridgehead atoms. The zero-order valence-electron chi connectivity index (χ0n) is 15.9. The van der Waals surface area contributed by atoms with Crippen LogP contribution in [0.1, 0.15) is 59.3 Å². The van der Waals surface area contributed by atoms with E-state index in [9.17, 15) is 9.59 Å². The van der Waals surface area contributed by atoms with Gasteiger partial charge in [0, 0.05) is 5.54 Å². The highest BCUT2D eigenvalue weighted by molar-refractivity contribution is 5.84. The Labute approximate surface area is 150 Å². The highest BCUT2D eigenvalue weighted by atomic mass is 16.5. The van der Waals surface area contributed by atoms with Crippen LogP contribution in [-0.2, 0) is 14.3 Å². The maximum Gasteiger partial charge on any atom is 0.330 e. The van der Waals surface area contributed by atoms with Crippen molar-refractivity contribution in [2.75, 3.05) is 13.7 Å². The van der Waals surface area contributed by atoms with Gasteiger partial charge in [0.05, 0.1) is 19.3 Å². The molecule has 25 heavy (non-hydrogen) atoms. The summed E-state index contributed by atoms with van der Waals surface area (Å²) in [5.41, 5.74) is -0.464. The first-order valence-corrected chi connectivity index (χ1v) is 9.48. The Balaban J connectivity index is 1.59. The van der Waals surface area contributed by atoms with Crippen LogP contribution in [0.5, 0.6) is 0 Å². The molecule has 6 nitrogen and oxygen atoms in total. The second-order valence-electron chi connectivity index (χ2n) is 9.30. The highest BCUT2D eigenvalue weighted by Crippen LogP contribution is 2.55. The van der Waals surface area contributed by atoms with E-state index >= 15 is 0 Å². The summed E-state index contributed by atoms with van der Waals surface area (Å²) in [4.78, 5) is 24.6. The lowest BCUT2D eigenvalue weighted by Crippen LogP contribution is -2.63. The van der Waals surface area contributed by atoms with Gasteiger partial charge in [0.1, 0.15) is 0 Å². The molecule has 1 atom stereocenters. The van der Waals surface area contributed by atoms with Crippen LogP contribution < -0.4 is 10.6 Å².